The van der Waals surface area contributed by atoms with Gasteiger partial charge in [-0.2, -0.15) is 0 Å². The summed E-state index contributed by atoms with van der Waals surface area (Å²) in [6.45, 7) is 4.51. The molecule has 2 N–H and O–H groups in total. The Morgan fingerprint density at radius 3 is 2.83 bits per heavy atom. The Bertz CT molecular complexity index is 907. The van der Waals surface area contributed by atoms with E-state index >= 15 is 0 Å². The van der Waals surface area contributed by atoms with Crippen LogP contribution in [0.3, 0.4) is 0 Å². The van der Waals surface area contributed by atoms with Gasteiger partial charge in [-0.25, -0.2) is 4.98 Å². The highest BCUT2D eigenvalue weighted by molar-refractivity contribution is 7.11. The van der Waals surface area contributed by atoms with Crippen molar-refractivity contribution in [3.05, 3.63) is 61.8 Å². The molecule has 23 heavy (non-hydrogen) atoms. The third-order valence-electron chi connectivity index (χ3n) is 3.69. The molecular formula is C17H17N3O2S. The summed E-state index contributed by atoms with van der Waals surface area (Å²) in [6, 6.07) is 8.63. The number of hydrogen-bond acceptors (Lipinski definition) is 4. The standard InChI is InChI=1S/C17H17N3O2S/c1-10-11(2)23-16(19-10)7-8-18-17(22)13-9-15(21)20-14-6-4-3-5-12(13)14/h3-6,9H,7-8H2,1-2H3,(H,18,22)(H,20,21). The zero-order valence-electron chi connectivity index (χ0n) is 13.0. The Morgan fingerprint density at radius 2 is 2.09 bits per heavy atom. The van der Waals surface area contributed by atoms with E-state index in [-0.39, 0.29) is 11.5 Å². The van der Waals surface area contributed by atoms with Crippen LogP contribution >= 0.6 is 11.3 Å². The third-order valence-corrected chi connectivity index (χ3v) is 4.83. The summed E-state index contributed by atoms with van der Waals surface area (Å²) in [5, 5.41) is 4.62. The number of aromatic amines is 1. The average molecular weight is 327 g/mol. The summed E-state index contributed by atoms with van der Waals surface area (Å²) in [4.78, 5) is 32.5. The molecule has 0 aliphatic carbocycles. The first-order valence-corrected chi connectivity index (χ1v) is 8.19. The number of fused-ring (bicyclic) bond motifs is 1. The molecule has 2 heterocycles. The molecule has 6 heteroatoms. The van der Waals surface area contributed by atoms with Gasteiger partial charge in [0.2, 0.25) is 5.56 Å². The van der Waals surface area contributed by atoms with E-state index in [2.05, 4.69) is 15.3 Å². The van der Waals surface area contributed by atoms with Gasteiger partial charge in [-0.15, -0.1) is 11.3 Å². The van der Waals surface area contributed by atoms with Gasteiger partial charge in [0.25, 0.3) is 5.91 Å². The minimum Gasteiger partial charge on any atom is -0.352 e. The van der Waals surface area contributed by atoms with Gasteiger partial charge in [0, 0.05) is 34.8 Å². The van der Waals surface area contributed by atoms with Crippen LogP contribution in [-0.2, 0) is 6.42 Å². The van der Waals surface area contributed by atoms with Crippen LogP contribution < -0.4 is 10.9 Å². The molecule has 3 aromatic rings. The number of nitrogens with zero attached hydrogens (tertiary/aromatic N) is 1. The molecule has 1 amide bonds. The van der Waals surface area contributed by atoms with Crippen molar-refractivity contribution in [1.82, 2.24) is 15.3 Å². The maximum absolute atomic E-state index is 12.4. The maximum atomic E-state index is 12.4. The summed E-state index contributed by atoms with van der Waals surface area (Å²) in [7, 11) is 0. The fourth-order valence-electron chi connectivity index (χ4n) is 2.42. The molecule has 0 bridgehead atoms. The monoisotopic (exact) mass is 327 g/mol. The first-order valence-electron chi connectivity index (χ1n) is 7.38. The smallest absolute Gasteiger partial charge is 0.252 e. The number of aromatic nitrogens is 2. The van der Waals surface area contributed by atoms with Gasteiger partial charge in [-0.3, -0.25) is 9.59 Å². The van der Waals surface area contributed by atoms with Crippen LogP contribution in [0.4, 0.5) is 0 Å². The number of carbonyl (C=O) groups excluding carboxylic acids is 1. The Hall–Kier alpha value is -2.47. The quantitative estimate of drug-likeness (QED) is 0.773. The van der Waals surface area contributed by atoms with Crippen molar-refractivity contribution in [2.24, 2.45) is 0 Å². The Morgan fingerprint density at radius 1 is 1.30 bits per heavy atom. The fourth-order valence-corrected chi connectivity index (χ4v) is 3.35. The fraction of sp³-hybridized carbons (Fsp3) is 0.235. The van der Waals surface area contributed by atoms with Crippen LogP contribution in [0.25, 0.3) is 10.9 Å². The number of H-pyrrole nitrogens is 1. The summed E-state index contributed by atoms with van der Waals surface area (Å²) < 4.78 is 0. The van der Waals surface area contributed by atoms with Crippen LogP contribution in [0.2, 0.25) is 0 Å². The molecule has 118 valence electrons. The molecule has 5 nitrogen and oxygen atoms in total. The van der Waals surface area contributed by atoms with Crippen molar-refractivity contribution < 1.29 is 4.79 Å². The normalized spacial score (nSPS) is 10.9. The van der Waals surface area contributed by atoms with Crippen molar-refractivity contribution in [3.63, 3.8) is 0 Å². The molecule has 3 rings (SSSR count). The van der Waals surface area contributed by atoms with Gasteiger partial charge in [-0.1, -0.05) is 18.2 Å². The van der Waals surface area contributed by atoms with Crippen molar-refractivity contribution in [3.8, 4) is 0 Å². The van der Waals surface area contributed by atoms with Crippen molar-refractivity contribution in [2.45, 2.75) is 20.3 Å². The van der Waals surface area contributed by atoms with E-state index in [4.69, 9.17) is 0 Å². The van der Waals surface area contributed by atoms with Gasteiger partial charge in [-0.05, 0) is 19.9 Å². The van der Waals surface area contributed by atoms with E-state index in [0.717, 1.165) is 16.1 Å². The number of rotatable bonds is 4. The highest BCUT2D eigenvalue weighted by Crippen LogP contribution is 2.17. The molecule has 0 saturated carbocycles. The summed E-state index contributed by atoms with van der Waals surface area (Å²) in [5.74, 6) is -0.239. The topological polar surface area (TPSA) is 74.8 Å². The summed E-state index contributed by atoms with van der Waals surface area (Å²) >= 11 is 1.65. The van der Waals surface area contributed by atoms with Gasteiger partial charge in [0.1, 0.15) is 0 Å². The van der Waals surface area contributed by atoms with Crippen LogP contribution in [0.5, 0.6) is 0 Å². The lowest BCUT2D eigenvalue weighted by Crippen LogP contribution is -2.27. The molecule has 0 fully saturated rings. The number of thiazole rings is 1. The highest BCUT2D eigenvalue weighted by Gasteiger charge is 2.11. The SMILES string of the molecule is Cc1nc(CCNC(=O)c2cc(=O)[nH]c3ccccc23)sc1C. The Balaban J connectivity index is 1.74. The van der Waals surface area contributed by atoms with Gasteiger partial charge in [0.15, 0.2) is 0 Å². The number of aryl methyl sites for hydroxylation is 2. The summed E-state index contributed by atoms with van der Waals surface area (Å²) in [6.07, 6.45) is 0.687. The molecule has 0 radical (unpaired) electrons. The zero-order chi connectivity index (χ0) is 16.4. The number of carbonyl (C=O) groups is 1. The minimum absolute atomic E-state index is 0.239. The minimum atomic E-state index is -0.278. The second-order valence-corrected chi connectivity index (χ2v) is 6.64. The van der Waals surface area contributed by atoms with E-state index in [9.17, 15) is 9.59 Å². The van der Waals surface area contributed by atoms with Crippen LogP contribution in [0.1, 0.15) is 25.9 Å². The van der Waals surface area contributed by atoms with Crippen LogP contribution in [-0.4, -0.2) is 22.4 Å². The molecule has 0 unspecified atom stereocenters. The first kappa shape index (κ1) is 15.4. The highest BCUT2D eigenvalue weighted by atomic mass is 32.1. The number of para-hydroxylation sites is 1. The predicted octanol–water partition coefficient (Wildman–Crippen LogP) is 2.57. The number of nitrogens with one attached hydrogen (secondary N) is 2. The van der Waals surface area contributed by atoms with Gasteiger partial charge >= 0.3 is 0 Å². The van der Waals surface area contributed by atoms with E-state index in [1.54, 1.807) is 17.4 Å². The molecule has 0 spiro atoms. The second kappa shape index (κ2) is 6.34. The predicted molar refractivity (Wildman–Crippen MR) is 92.2 cm³/mol. The lowest BCUT2D eigenvalue weighted by molar-refractivity contribution is 0.0955. The lowest BCUT2D eigenvalue weighted by Gasteiger charge is -2.07. The maximum Gasteiger partial charge on any atom is 0.252 e. The largest absolute Gasteiger partial charge is 0.352 e. The molecule has 0 saturated heterocycles. The van der Waals surface area contributed by atoms with E-state index in [1.165, 1.54) is 10.9 Å². The van der Waals surface area contributed by atoms with Crippen molar-refractivity contribution in [1.29, 1.82) is 0 Å². The number of amides is 1. The first-order chi connectivity index (χ1) is 11.0. The number of hydrogen-bond donors (Lipinski definition) is 2. The van der Waals surface area contributed by atoms with E-state index < -0.39 is 0 Å². The van der Waals surface area contributed by atoms with E-state index in [1.807, 2.05) is 32.0 Å². The Kier molecular flexibility index (Phi) is 4.25. The van der Waals surface area contributed by atoms with Crippen molar-refractivity contribution >= 4 is 28.1 Å². The average Bonchev–Trinajstić information content (AvgIpc) is 2.84. The molecule has 0 aliphatic heterocycles. The number of benzene rings is 1. The van der Waals surface area contributed by atoms with Gasteiger partial charge < -0.3 is 10.3 Å². The van der Waals surface area contributed by atoms with Crippen molar-refractivity contribution in [2.75, 3.05) is 6.54 Å². The lowest BCUT2D eigenvalue weighted by atomic mass is 10.1. The molecule has 2 aromatic heterocycles. The third kappa shape index (κ3) is 3.32. The second-order valence-electron chi connectivity index (χ2n) is 5.35. The van der Waals surface area contributed by atoms with Crippen LogP contribution in [0, 0.1) is 13.8 Å². The zero-order valence-corrected chi connectivity index (χ0v) is 13.8. The molecule has 1 aromatic carbocycles. The van der Waals surface area contributed by atoms with E-state index in [0.29, 0.717) is 24.0 Å². The van der Waals surface area contributed by atoms with Gasteiger partial charge in [0.05, 0.1) is 16.3 Å². The Labute approximate surface area is 137 Å². The summed E-state index contributed by atoms with van der Waals surface area (Å²) in [5.41, 5.74) is 1.82. The molecule has 0 atom stereocenters. The van der Waals surface area contributed by atoms with Crippen LogP contribution in [0.15, 0.2) is 35.1 Å². The molecule has 0 aliphatic rings. The number of pyridine rings is 1. The molecular weight excluding hydrogens is 310 g/mol.